The molecule has 3 rings (SSSR count). The molecule has 0 aliphatic heterocycles. The van der Waals surface area contributed by atoms with E-state index in [9.17, 15) is 0 Å². The maximum atomic E-state index is 6.54. The average Bonchev–Trinajstić information content (AvgIpc) is 2.74. The molecule has 0 aliphatic carbocycles. The zero-order valence-corrected chi connectivity index (χ0v) is 18.9. The number of aryl methyl sites for hydroxylation is 1. The average molecular weight is 444 g/mol. The molecule has 158 valence electrons. The van der Waals surface area contributed by atoms with Gasteiger partial charge in [-0.1, -0.05) is 59.6 Å². The van der Waals surface area contributed by atoms with Crippen molar-refractivity contribution in [1.82, 2.24) is 5.32 Å². The Morgan fingerprint density at radius 2 is 1.60 bits per heavy atom. The third-order valence-electron chi connectivity index (χ3n) is 4.88. The lowest BCUT2D eigenvalue weighted by molar-refractivity contribution is 0.268. The first kappa shape index (κ1) is 22.5. The van der Waals surface area contributed by atoms with Crippen LogP contribution in [0.2, 0.25) is 10.0 Å². The van der Waals surface area contributed by atoms with Crippen molar-refractivity contribution < 1.29 is 9.47 Å². The van der Waals surface area contributed by atoms with E-state index in [0.29, 0.717) is 36.3 Å². The largest absolute Gasteiger partial charge is 0.490 e. The molecule has 0 heterocycles. The van der Waals surface area contributed by atoms with Gasteiger partial charge in [-0.25, -0.2) is 0 Å². The van der Waals surface area contributed by atoms with Gasteiger partial charge in [0.15, 0.2) is 11.5 Å². The standard InChI is InChI=1S/C25H27Cl2NO2/c1-3-29-24-14-21(16-28-13-12-19-8-10-22(26)11-9-19)23(27)15-25(24)30-17-20-7-5-4-6-18(20)2/h4-11,14-15,28H,3,12-13,16-17H2,1-2H3. The van der Waals surface area contributed by atoms with E-state index in [4.69, 9.17) is 32.7 Å². The van der Waals surface area contributed by atoms with Gasteiger partial charge in [0.2, 0.25) is 0 Å². The Morgan fingerprint density at radius 1 is 0.867 bits per heavy atom. The highest BCUT2D eigenvalue weighted by Crippen LogP contribution is 2.34. The Balaban J connectivity index is 1.61. The molecular weight excluding hydrogens is 417 g/mol. The van der Waals surface area contributed by atoms with Crippen LogP contribution in [0.15, 0.2) is 60.7 Å². The van der Waals surface area contributed by atoms with E-state index in [-0.39, 0.29) is 0 Å². The molecule has 0 saturated heterocycles. The van der Waals surface area contributed by atoms with Crippen molar-refractivity contribution >= 4 is 23.2 Å². The molecule has 3 aromatic rings. The van der Waals surface area contributed by atoms with E-state index in [1.807, 2.05) is 55.5 Å². The lowest BCUT2D eigenvalue weighted by atomic mass is 10.1. The smallest absolute Gasteiger partial charge is 0.163 e. The van der Waals surface area contributed by atoms with E-state index in [0.717, 1.165) is 29.1 Å². The molecule has 0 radical (unpaired) electrons. The summed E-state index contributed by atoms with van der Waals surface area (Å²) in [6, 6.07) is 19.9. The van der Waals surface area contributed by atoms with E-state index in [2.05, 4.69) is 24.4 Å². The van der Waals surface area contributed by atoms with Crippen LogP contribution in [0.3, 0.4) is 0 Å². The second-order valence-electron chi connectivity index (χ2n) is 7.09. The van der Waals surface area contributed by atoms with Crippen molar-refractivity contribution in [2.75, 3.05) is 13.2 Å². The lowest BCUT2D eigenvalue weighted by Gasteiger charge is -2.16. The van der Waals surface area contributed by atoms with Gasteiger partial charge in [-0.05, 0) is 67.3 Å². The fourth-order valence-corrected chi connectivity index (χ4v) is 3.47. The van der Waals surface area contributed by atoms with Crippen molar-refractivity contribution in [1.29, 1.82) is 0 Å². The first-order chi connectivity index (χ1) is 14.6. The highest BCUT2D eigenvalue weighted by atomic mass is 35.5. The monoisotopic (exact) mass is 443 g/mol. The quantitative estimate of drug-likeness (QED) is 0.357. The van der Waals surface area contributed by atoms with Crippen LogP contribution in [0.25, 0.3) is 0 Å². The molecule has 0 amide bonds. The summed E-state index contributed by atoms with van der Waals surface area (Å²) in [6.45, 7) is 6.57. The summed E-state index contributed by atoms with van der Waals surface area (Å²) in [5, 5.41) is 4.87. The number of hydrogen-bond acceptors (Lipinski definition) is 3. The summed E-state index contributed by atoms with van der Waals surface area (Å²) in [5.41, 5.74) is 4.57. The minimum absolute atomic E-state index is 0.474. The minimum atomic E-state index is 0.474. The molecule has 0 unspecified atom stereocenters. The molecule has 0 aromatic heterocycles. The van der Waals surface area contributed by atoms with Crippen LogP contribution in [-0.4, -0.2) is 13.2 Å². The summed E-state index contributed by atoms with van der Waals surface area (Å²) in [7, 11) is 0. The number of benzene rings is 3. The molecule has 0 atom stereocenters. The Morgan fingerprint density at radius 3 is 2.33 bits per heavy atom. The summed E-state index contributed by atoms with van der Waals surface area (Å²) in [5.74, 6) is 1.38. The Labute approximate surface area is 188 Å². The predicted octanol–water partition coefficient (Wildman–Crippen LogP) is 6.61. The van der Waals surface area contributed by atoms with Gasteiger partial charge in [0.05, 0.1) is 6.61 Å². The highest BCUT2D eigenvalue weighted by molar-refractivity contribution is 6.31. The minimum Gasteiger partial charge on any atom is -0.490 e. The third kappa shape index (κ3) is 6.40. The Kier molecular flexibility index (Phi) is 8.44. The van der Waals surface area contributed by atoms with Gasteiger partial charge < -0.3 is 14.8 Å². The molecule has 30 heavy (non-hydrogen) atoms. The van der Waals surface area contributed by atoms with Gasteiger partial charge in [0.1, 0.15) is 6.61 Å². The molecule has 3 nitrogen and oxygen atoms in total. The maximum absolute atomic E-state index is 6.54. The molecule has 0 fully saturated rings. The van der Waals surface area contributed by atoms with Crippen LogP contribution in [0.5, 0.6) is 11.5 Å². The van der Waals surface area contributed by atoms with Crippen molar-refractivity contribution in [3.05, 3.63) is 93.0 Å². The summed E-state index contributed by atoms with van der Waals surface area (Å²) in [4.78, 5) is 0. The maximum Gasteiger partial charge on any atom is 0.163 e. The summed E-state index contributed by atoms with van der Waals surface area (Å²) in [6.07, 6.45) is 0.921. The zero-order chi connectivity index (χ0) is 21.3. The lowest BCUT2D eigenvalue weighted by Crippen LogP contribution is -2.17. The van der Waals surface area contributed by atoms with Crippen LogP contribution in [-0.2, 0) is 19.6 Å². The molecule has 0 bridgehead atoms. The Hall–Kier alpha value is -2.20. The van der Waals surface area contributed by atoms with Gasteiger partial charge in [-0.2, -0.15) is 0 Å². The third-order valence-corrected chi connectivity index (χ3v) is 5.48. The second kappa shape index (κ2) is 11.3. The van der Waals surface area contributed by atoms with Crippen LogP contribution in [0, 0.1) is 6.92 Å². The van der Waals surface area contributed by atoms with Crippen LogP contribution >= 0.6 is 23.2 Å². The second-order valence-corrected chi connectivity index (χ2v) is 7.94. The van der Waals surface area contributed by atoms with E-state index in [1.165, 1.54) is 11.1 Å². The topological polar surface area (TPSA) is 30.5 Å². The fourth-order valence-electron chi connectivity index (χ4n) is 3.13. The van der Waals surface area contributed by atoms with Crippen molar-refractivity contribution in [2.24, 2.45) is 0 Å². The van der Waals surface area contributed by atoms with Crippen molar-refractivity contribution in [3.8, 4) is 11.5 Å². The Bertz CT molecular complexity index is 958. The number of ether oxygens (including phenoxy) is 2. The van der Waals surface area contributed by atoms with E-state index < -0.39 is 0 Å². The molecule has 0 spiro atoms. The first-order valence-corrected chi connectivity index (χ1v) is 10.9. The van der Waals surface area contributed by atoms with Crippen LogP contribution < -0.4 is 14.8 Å². The van der Waals surface area contributed by atoms with Crippen LogP contribution in [0.4, 0.5) is 0 Å². The molecule has 0 aliphatic rings. The predicted molar refractivity (Wildman–Crippen MR) is 125 cm³/mol. The SMILES string of the molecule is CCOc1cc(CNCCc2ccc(Cl)cc2)c(Cl)cc1OCc1ccccc1C. The first-order valence-electron chi connectivity index (χ1n) is 10.1. The van der Waals surface area contributed by atoms with Gasteiger partial charge in [0.25, 0.3) is 0 Å². The van der Waals surface area contributed by atoms with Gasteiger partial charge >= 0.3 is 0 Å². The van der Waals surface area contributed by atoms with Crippen molar-refractivity contribution in [2.45, 2.75) is 33.4 Å². The number of hydrogen-bond donors (Lipinski definition) is 1. The van der Waals surface area contributed by atoms with E-state index in [1.54, 1.807) is 0 Å². The fraction of sp³-hybridized carbons (Fsp3) is 0.280. The summed E-state index contributed by atoms with van der Waals surface area (Å²) < 4.78 is 11.9. The highest BCUT2D eigenvalue weighted by Gasteiger charge is 2.12. The van der Waals surface area contributed by atoms with Crippen molar-refractivity contribution in [3.63, 3.8) is 0 Å². The van der Waals surface area contributed by atoms with Crippen LogP contribution in [0.1, 0.15) is 29.2 Å². The number of nitrogens with one attached hydrogen (secondary N) is 1. The van der Waals surface area contributed by atoms with Gasteiger partial charge in [-0.15, -0.1) is 0 Å². The molecule has 3 aromatic carbocycles. The van der Waals surface area contributed by atoms with E-state index >= 15 is 0 Å². The molecular formula is C25H27Cl2NO2. The van der Waals surface area contributed by atoms with Gasteiger partial charge in [0, 0.05) is 22.7 Å². The summed E-state index contributed by atoms with van der Waals surface area (Å²) >= 11 is 12.5. The molecule has 1 N–H and O–H groups in total. The molecule has 5 heteroatoms. The molecule has 0 saturated carbocycles. The van der Waals surface area contributed by atoms with Gasteiger partial charge in [-0.3, -0.25) is 0 Å². The normalized spacial score (nSPS) is 10.8. The zero-order valence-electron chi connectivity index (χ0n) is 17.4. The number of halogens is 2. The number of rotatable bonds is 10.